The smallest absolute Gasteiger partial charge is 0.401 e. The van der Waals surface area contributed by atoms with Gasteiger partial charge in [-0.2, -0.15) is 13.2 Å². The Morgan fingerprint density at radius 3 is 2.37 bits per heavy atom. The molecule has 2 N–H and O–H groups in total. The molecule has 0 spiro atoms. The molecule has 0 bridgehead atoms. The van der Waals surface area contributed by atoms with Crippen molar-refractivity contribution >= 4 is 45.4 Å². The van der Waals surface area contributed by atoms with E-state index in [-0.39, 0.29) is 28.7 Å². The summed E-state index contributed by atoms with van der Waals surface area (Å²) in [6.45, 7) is 1.91. The molecule has 0 radical (unpaired) electrons. The average Bonchev–Trinajstić information content (AvgIpc) is 3.32. The zero-order valence-corrected chi connectivity index (χ0v) is 22.3. The predicted octanol–water partition coefficient (Wildman–Crippen LogP) is 6.49. The lowest BCUT2D eigenvalue weighted by atomic mass is 9.89. The van der Waals surface area contributed by atoms with Crippen molar-refractivity contribution in [3.63, 3.8) is 0 Å². The molecule has 0 aliphatic heterocycles. The fourth-order valence-corrected chi connectivity index (χ4v) is 3.24. The van der Waals surface area contributed by atoms with Crippen LogP contribution in [0.25, 0.3) is 10.9 Å². The van der Waals surface area contributed by atoms with Crippen LogP contribution in [0.5, 0.6) is 23.1 Å². The number of amides is 2. The van der Waals surface area contributed by atoms with Gasteiger partial charge in [0.2, 0.25) is 5.88 Å². The molecule has 0 atom stereocenters. The molecule has 14 heteroatoms. The Bertz CT molecular complexity index is 1440. The Morgan fingerprint density at radius 1 is 0.974 bits per heavy atom. The van der Waals surface area contributed by atoms with Gasteiger partial charge in [-0.1, -0.05) is 11.2 Å². The number of halogens is 4. The first kappa shape index (κ1) is 28.5. The van der Waals surface area contributed by atoms with E-state index in [9.17, 15) is 18.0 Å². The van der Waals surface area contributed by atoms with E-state index < -0.39 is 23.4 Å². The maximum Gasteiger partial charge on any atom is 0.401 e. The van der Waals surface area contributed by atoms with E-state index in [4.69, 9.17) is 18.7 Å². The molecule has 4 aromatic rings. The molecule has 0 saturated heterocycles. The largest absolute Gasteiger partial charge is 0.493 e. The summed E-state index contributed by atoms with van der Waals surface area (Å²) >= 11 is 0. The number of aromatic nitrogens is 3. The van der Waals surface area contributed by atoms with E-state index in [0.717, 1.165) is 19.9 Å². The second-order valence-corrected chi connectivity index (χ2v) is 8.31. The Morgan fingerprint density at radius 2 is 1.68 bits per heavy atom. The van der Waals surface area contributed by atoms with Gasteiger partial charge in [0, 0.05) is 23.9 Å². The number of anilines is 2. The van der Waals surface area contributed by atoms with Crippen molar-refractivity contribution < 1.29 is 36.7 Å². The molecule has 4 rings (SSSR count). The maximum atomic E-state index is 13.2. The highest BCUT2D eigenvalue weighted by Crippen LogP contribution is 2.41. The van der Waals surface area contributed by atoms with Crippen molar-refractivity contribution in [2.45, 2.75) is 25.4 Å². The third-order valence-electron chi connectivity index (χ3n) is 5.49. The van der Waals surface area contributed by atoms with E-state index in [1.54, 1.807) is 30.3 Å². The van der Waals surface area contributed by atoms with Gasteiger partial charge in [-0.3, -0.25) is 5.32 Å². The number of fused-ring (bicyclic) bond motifs is 1. The minimum atomic E-state index is -4.56. The van der Waals surface area contributed by atoms with Crippen LogP contribution < -0.4 is 24.8 Å². The molecular formula is C24H23BrF3N5O5. The fraction of sp³-hybridized carbons (Fsp3) is 0.250. The highest BCUT2D eigenvalue weighted by molar-refractivity contribution is 8.93. The molecule has 38 heavy (non-hydrogen) atoms. The number of methoxy groups -OCH3 is 2. The van der Waals surface area contributed by atoms with E-state index >= 15 is 0 Å². The summed E-state index contributed by atoms with van der Waals surface area (Å²) in [5.41, 5.74) is -1.37. The average molecular weight is 598 g/mol. The lowest BCUT2D eigenvalue weighted by Crippen LogP contribution is -2.35. The Hall–Kier alpha value is -4.07. The number of hydrogen-bond donors (Lipinski definition) is 2. The first-order chi connectivity index (χ1) is 17.5. The number of alkyl halides is 3. The van der Waals surface area contributed by atoms with Crippen LogP contribution in [0.1, 0.15) is 19.6 Å². The zero-order valence-electron chi connectivity index (χ0n) is 20.5. The number of carbonyl (C=O) groups excluding carboxylic acids is 1. The summed E-state index contributed by atoms with van der Waals surface area (Å²) in [6.07, 6.45) is -3.22. The number of carbonyl (C=O) groups is 1. The summed E-state index contributed by atoms with van der Waals surface area (Å²) in [7, 11) is 3.02. The highest BCUT2D eigenvalue weighted by Gasteiger charge is 2.51. The molecular weight excluding hydrogens is 575 g/mol. The molecule has 0 aliphatic carbocycles. The second kappa shape index (κ2) is 11.1. The normalized spacial score (nSPS) is 11.4. The molecule has 2 aromatic heterocycles. The van der Waals surface area contributed by atoms with Crippen LogP contribution in [0.2, 0.25) is 0 Å². The quantitative estimate of drug-likeness (QED) is 0.248. The highest BCUT2D eigenvalue weighted by atomic mass is 79.9. The standard InChI is InChI=1S/C24H22F3N5O5.BrH/c1-23(2,24(25,26)27)19-11-20(32-37-19)31-22(33)30-13-6-5-7-14(8-13)36-21-15-9-17(34-3)18(35-4)10-16(15)28-12-29-21;/h5-12H,1-4H3,(H2,30,31,32,33);1H. The number of ether oxygens (including phenoxy) is 3. The summed E-state index contributed by atoms with van der Waals surface area (Å²) in [4.78, 5) is 20.8. The van der Waals surface area contributed by atoms with Gasteiger partial charge in [-0.25, -0.2) is 14.8 Å². The molecule has 10 nitrogen and oxygen atoms in total. The van der Waals surface area contributed by atoms with E-state index in [0.29, 0.717) is 33.8 Å². The number of nitrogens with one attached hydrogen (secondary N) is 2. The van der Waals surface area contributed by atoms with Crippen LogP contribution in [-0.4, -0.2) is 41.6 Å². The summed E-state index contributed by atoms with van der Waals surface area (Å²) < 4.78 is 61.0. The third-order valence-corrected chi connectivity index (χ3v) is 5.49. The van der Waals surface area contributed by atoms with Gasteiger partial charge in [0.05, 0.1) is 25.1 Å². The van der Waals surface area contributed by atoms with Crippen LogP contribution in [0.4, 0.5) is 29.5 Å². The van der Waals surface area contributed by atoms with E-state index in [2.05, 4.69) is 25.8 Å². The first-order valence-corrected chi connectivity index (χ1v) is 10.8. The molecule has 0 saturated carbocycles. The summed E-state index contributed by atoms with van der Waals surface area (Å²) in [6, 6.07) is 10.1. The minimum absolute atomic E-state index is 0. The molecule has 202 valence electrons. The first-order valence-electron chi connectivity index (χ1n) is 10.8. The summed E-state index contributed by atoms with van der Waals surface area (Å²) in [5, 5.41) is 8.97. The van der Waals surface area contributed by atoms with Gasteiger partial charge in [0.15, 0.2) is 23.1 Å². The van der Waals surface area contributed by atoms with Crippen LogP contribution in [0.3, 0.4) is 0 Å². The van der Waals surface area contributed by atoms with Crippen LogP contribution in [-0.2, 0) is 5.41 Å². The lowest BCUT2D eigenvalue weighted by Gasteiger charge is -2.24. The number of hydrogen-bond acceptors (Lipinski definition) is 8. The van der Waals surface area contributed by atoms with Gasteiger partial charge >= 0.3 is 12.2 Å². The predicted molar refractivity (Wildman–Crippen MR) is 138 cm³/mol. The molecule has 0 unspecified atom stereocenters. The molecule has 2 aromatic carbocycles. The summed E-state index contributed by atoms with van der Waals surface area (Å²) in [5.74, 6) is 0.957. The van der Waals surface area contributed by atoms with Gasteiger partial charge in [-0.05, 0) is 32.0 Å². The molecule has 0 fully saturated rings. The van der Waals surface area contributed by atoms with Crippen molar-refractivity contribution in [2.75, 3.05) is 24.9 Å². The van der Waals surface area contributed by atoms with Crippen molar-refractivity contribution in [1.82, 2.24) is 15.1 Å². The number of urea groups is 1. The molecule has 0 aliphatic rings. The second-order valence-electron chi connectivity index (χ2n) is 8.31. The fourth-order valence-electron chi connectivity index (χ4n) is 3.24. The SMILES string of the molecule is Br.COc1cc2ncnc(Oc3cccc(NC(=O)Nc4cc(C(C)(C)C(F)(F)F)on4)c3)c2cc1OC. The monoisotopic (exact) mass is 597 g/mol. The van der Waals surface area contributed by atoms with Crippen molar-refractivity contribution in [1.29, 1.82) is 0 Å². The lowest BCUT2D eigenvalue weighted by molar-refractivity contribution is -0.185. The van der Waals surface area contributed by atoms with Crippen molar-refractivity contribution in [3.8, 4) is 23.1 Å². The van der Waals surface area contributed by atoms with Crippen molar-refractivity contribution in [2.24, 2.45) is 0 Å². The zero-order chi connectivity index (χ0) is 26.8. The van der Waals surface area contributed by atoms with Crippen molar-refractivity contribution in [3.05, 3.63) is 54.6 Å². The topological polar surface area (TPSA) is 121 Å². The van der Waals surface area contributed by atoms with E-state index in [1.807, 2.05) is 0 Å². The molecule has 2 heterocycles. The van der Waals surface area contributed by atoms with Gasteiger partial charge in [0.1, 0.15) is 17.5 Å². The van der Waals surface area contributed by atoms with Crippen LogP contribution >= 0.6 is 17.0 Å². The molecule has 2 amide bonds. The maximum absolute atomic E-state index is 13.2. The van der Waals surface area contributed by atoms with Gasteiger partial charge in [0.25, 0.3) is 0 Å². The number of nitrogens with zero attached hydrogens (tertiary/aromatic N) is 3. The van der Waals surface area contributed by atoms with Gasteiger partial charge < -0.3 is 24.1 Å². The Labute approximate surface area is 225 Å². The minimum Gasteiger partial charge on any atom is -0.493 e. The van der Waals surface area contributed by atoms with Crippen LogP contribution in [0.15, 0.2) is 53.3 Å². The number of benzene rings is 2. The Balaban J connectivity index is 0.00000400. The van der Waals surface area contributed by atoms with Gasteiger partial charge in [-0.15, -0.1) is 17.0 Å². The Kier molecular flexibility index (Phi) is 8.35. The van der Waals surface area contributed by atoms with Crippen LogP contribution in [0, 0.1) is 0 Å². The third kappa shape index (κ3) is 5.90. The number of rotatable bonds is 7. The van der Waals surface area contributed by atoms with E-state index in [1.165, 1.54) is 26.6 Å².